The first-order valence-corrected chi connectivity index (χ1v) is 18.0. The van der Waals surface area contributed by atoms with E-state index in [4.69, 9.17) is 0 Å². The summed E-state index contributed by atoms with van der Waals surface area (Å²) >= 11 is 0. The van der Waals surface area contributed by atoms with Gasteiger partial charge in [0.1, 0.15) is 12.1 Å². The fourth-order valence-electron chi connectivity index (χ4n) is 7.43. The highest BCUT2D eigenvalue weighted by atomic mass is 28.3. The largest absolute Gasteiger partial charge is 0.309 e. The Kier molecular flexibility index (Phi) is 7.27. The standard InChI is InChI=1S/C44H29N3Si/c45-30-33-26-29-43(48(35-14-4-1-5-15-35,36-16-6-2-7-17-36)37-18-8-3-9-19-37)44(40(33)31-46)32-24-27-34(28-25-32)47-41-22-12-10-20-38(41)39-21-11-13-23-42(39)47/h1-29H. The first kappa shape index (κ1) is 29.0. The molecule has 3 nitrogen and oxygen atoms in total. The fourth-order valence-corrected chi connectivity index (χ4v) is 12.4. The molecule has 0 atom stereocenters. The number of hydrogen-bond acceptors (Lipinski definition) is 2. The van der Waals surface area contributed by atoms with E-state index < -0.39 is 8.07 Å². The number of fused-ring (bicyclic) bond motifs is 3. The van der Waals surface area contributed by atoms with Crippen molar-refractivity contribution in [3.05, 3.63) is 187 Å². The summed E-state index contributed by atoms with van der Waals surface area (Å²) in [7, 11) is -3.02. The third kappa shape index (κ3) is 4.48. The van der Waals surface area contributed by atoms with Crippen LogP contribution in [0, 0.1) is 22.7 Å². The molecule has 0 aliphatic heterocycles. The second-order valence-corrected chi connectivity index (χ2v) is 15.7. The van der Waals surface area contributed by atoms with Crippen LogP contribution in [0.5, 0.6) is 0 Å². The summed E-state index contributed by atoms with van der Waals surface area (Å²) in [6, 6.07) is 66.2. The Bertz CT molecular complexity index is 2350. The van der Waals surface area contributed by atoms with E-state index in [0.717, 1.165) is 33.0 Å². The van der Waals surface area contributed by atoms with Crippen molar-refractivity contribution in [1.29, 1.82) is 10.5 Å². The molecule has 7 aromatic carbocycles. The minimum Gasteiger partial charge on any atom is -0.309 e. The van der Waals surface area contributed by atoms with Crippen LogP contribution in [-0.4, -0.2) is 12.6 Å². The van der Waals surface area contributed by atoms with Crippen LogP contribution in [0.15, 0.2) is 176 Å². The summed E-state index contributed by atoms with van der Waals surface area (Å²) in [4.78, 5) is 0. The van der Waals surface area contributed by atoms with E-state index in [0.29, 0.717) is 11.1 Å². The van der Waals surface area contributed by atoms with E-state index >= 15 is 0 Å². The summed E-state index contributed by atoms with van der Waals surface area (Å²) in [5, 5.41) is 28.1. The molecule has 8 rings (SSSR count). The van der Waals surface area contributed by atoms with Gasteiger partial charge in [0.15, 0.2) is 8.07 Å². The molecule has 48 heavy (non-hydrogen) atoms. The van der Waals surface area contributed by atoms with Gasteiger partial charge in [0.2, 0.25) is 0 Å². The molecule has 1 aromatic heterocycles. The molecule has 0 aliphatic rings. The van der Waals surface area contributed by atoms with E-state index in [1.54, 1.807) is 0 Å². The van der Waals surface area contributed by atoms with Crippen molar-refractivity contribution in [3.63, 3.8) is 0 Å². The molecule has 4 heteroatoms. The number of nitriles is 2. The quantitative estimate of drug-likeness (QED) is 0.141. The van der Waals surface area contributed by atoms with Crippen LogP contribution >= 0.6 is 0 Å². The predicted molar refractivity (Wildman–Crippen MR) is 199 cm³/mol. The Morgan fingerprint density at radius 2 is 0.896 bits per heavy atom. The van der Waals surface area contributed by atoms with Gasteiger partial charge in [0.25, 0.3) is 0 Å². The Labute approximate surface area is 280 Å². The molecule has 1 heterocycles. The molecule has 0 spiro atoms. The molecule has 224 valence electrons. The summed E-state index contributed by atoms with van der Waals surface area (Å²) in [5.41, 5.74) is 5.81. The molecule has 0 fully saturated rings. The van der Waals surface area contributed by atoms with Crippen LogP contribution in [0.3, 0.4) is 0 Å². The van der Waals surface area contributed by atoms with Crippen LogP contribution in [0.2, 0.25) is 0 Å². The van der Waals surface area contributed by atoms with Gasteiger partial charge in [0, 0.05) is 22.0 Å². The summed E-state index contributed by atoms with van der Waals surface area (Å²) in [5.74, 6) is 0. The predicted octanol–water partition coefficient (Wildman–Crippen LogP) is 7.57. The molecule has 8 aromatic rings. The van der Waals surface area contributed by atoms with Crippen LogP contribution in [0.4, 0.5) is 0 Å². The van der Waals surface area contributed by atoms with Gasteiger partial charge in [0.05, 0.1) is 22.2 Å². The molecule has 0 radical (unpaired) electrons. The number of aromatic nitrogens is 1. The van der Waals surface area contributed by atoms with Gasteiger partial charge in [-0.15, -0.1) is 0 Å². The van der Waals surface area contributed by atoms with Crippen molar-refractivity contribution in [2.24, 2.45) is 0 Å². The maximum atomic E-state index is 10.7. The lowest BCUT2D eigenvalue weighted by molar-refractivity contribution is 1.18. The second-order valence-electron chi connectivity index (χ2n) is 11.9. The molecular weight excluding hydrogens is 599 g/mol. The molecule has 0 amide bonds. The maximum absolute atomic E-state index is 10.7. The smallest absolute Gasteiger partial charge is 0.180 e. The lowest BCUT2D eigenvalue weighted by Gasteiger charge is -2.36. The maximum Gasteiger partial charge on any atom is 0.180 e. The van der Waals surface area contributed by atoms with Gasteiger partial charge in [-0.05, 0) is 56.6 Å². The first-order valence-electron chi connectivity index (χ1n) is 16.0. The number of benzene rings is 7. The van der Waals surface area contributed by atoms with Gasteiger partial charge in [-0.2, -0.15) is 10.5 Å². The minimum atomic E-state index is -3.02. The lowest BCUT2D eigenvalue weighted by Crippen LogP contribution is -2.75. The zero-order valence-electron chi connectivity index (χ0n) is 26.1. The average molecular weight is 628 g/mol. The monoisotopic (exact) mass is 627 g/mol. The van der Waals surface area contributed by atoms with Crippen molar-refractivity contribution in [2.75, 3.05) is 0 Å². The van der Waals surface area contributed by atoms with E-state index in [2.05, 4.69) is 168 Å². The lowest BCUT2D eigenvalue weighted by atomic mass is 9.96. The Morgan fingerprint density at radius 3 is 1.35 bits per heavy atom. The minimum absolute atomic E-state index is 0.375. The SMILES string of the molecule is N#Cc1ccc([Si](c2ccccc2)(c2ccccc2)c2ccccc2)c(-c2ccc(-n3c4ccccc4c4ccccc43)cc2)c1C#N. The van der Waals surface area contributed by atoms with E-state index in [1.807, 2.05) is 24.3 Å². The Hall–Kier alpha value is -6.46. The number of hydrogen-bond donors (Lipinski definition) is 0. The highest BCUT2D eigenvalue weighted by Gasteiger charge is 2.43. The van der Waals surface area contributed by atoms with Crippen molar-refractivity contribution in [2.45, 2.75) is 0 Å². The molecule has 0 N–H and O–H groups in total. The van der Waals surface area contributed by atoms with Gasteiger partial charge in [-0.25, -0.2) is 0 Å². The van der Waals surface area contributed by atoms with Gasteiger partial charge < -0.3 is 4.57 Å². The molecule has 0 unspecified atom stereocenters. The Morgan fingerprint density at radius 1 is 0.438 bits per heavy atom. The number of rotatable bonds is 6. The second kappa shape index (κ2) is 12.0. The third-order valence-electron chi connectivity index (χ3n) is 9.46. The van der Waals surface area contributed by atoms with Gasteiger partial charge >= 0.3 is 0 Å². The van der Waals surface area contributed by atoms with Crippen molar-refractivity contribution >= 4 is 50.6 Å². The highest BCUT2D eigenvalue weighted by molar-refractivity contribution is 7.20. The summed E-state index contributed by atoms with van der Waals surface area (Å²) in [6.45, 7) is 0. The van der Waals surface area contributed by atoms with E-state index in [9.17, 15) is 10.5 Å². The number of para-hydroxylation sites is 2. The van der Waals surface area contributed by atoms with Gasteiger partial charge in [-0.1, -0.05) is 146 Å². The summed E-state index contributed by atoms with van der Waals surface area (Å²) < 4.78 is 2.29. The van der Waals surface area contributed by atoms with Crippen molar-refractivity contribution < 1.29 is 0 Å². The van der Waals surface area contributed by atoms with E-state index in [-0.39, 0.29) is 0 Å². The topological polar surface area (TPSA) is 52.5 Å². The highest BCUT2D eigenvalue weighted by Crippen LogP contribution is 2.33. The van der Waals surface area contributed by atoms with Crippen LogP contribution in [0.1, 0.15) is 11.1 Å². The van der Waals surface area contributed by atoms with Crippen LogP contribution in [0.25, 0.3) is 38.6 Å². The average Bonchev–Trinajstić information content (AvgIpc) is 3.50. The van der Waals surface area contributed by atoms with Crippen LogP contribution in [-0.2, 0) is 0 Å². The van der Waals surface area contributed by atoms with Crippen molar-refractivity contribution in [1.82, 2.24) is 4.57 Å². The number of nitrogens with zero attached hydrogens (tertiary/aromatic N) is 3. The molecular formula is C44H29N3Si. The first-order chi connectivity index (χ1) is 23.8. The third-order valence-corrected chi connectivity index (χ3v) is 14.3. The Balaban J connectivity index is 1.44. The van der Waals surface area contributed by atoms with Gasteiger partial charge in [-0.3, -0.25) is 0 Å². The molecule has 0 aliphatic carbocycles. The fraction of sp³-hybridized carbons (Fsp3) is 0. The zero-order chi connectivity index (χ0) is 32.5. The van der Waals surface area contributed by atoms with Crippen molar-refractivity contribution in [3.8, 4) is 29.0 Å². The normalized spacial score (nSPS) is 11.3. The van der Waals surface area contributed by atoms with E-state index in [1.165, 1.54) is 26.3 Å². The molecule has 0 saturated heterocycles. The van der Waals surface area contributed by atoms with Crippen LogP contribution < -0.4 is 20.7 Å². The molecule has 0 saturated carbocycles. The molecule has 0 bridgehead atoms. The zero-order valence-corrected chi connectivity index (χ0v) is 27.1. The summed E-state index contributed by atoms with van der Waals surface area (Å²) in [6.07, 6.45) is 0.